The van der Waals surface area contributed by atoms with Crippen LogP contribution >= 0.6 is 0 Å². The summed E-state index contributed by atoms with van der Waals surface area (Å²) in [5.74, 6) is 3.63. The highest BCUT2D eigenvalue weighted by Gasteiger charge is 2.08. The van der Waals surface area contributed by atoms with E-state index in [4.69, 9.17) is 9.15 Å². The summed E-state index contributed by atoms with van der Waals surface area (Å²) in [6.07, 6.45) is 1.70. The summed E-state index contributed by atoms with van der Waals surface area (Å²) in [5, 5.41) is 4.15. The van der Waals surface area contributed by atoms with Gasteiger partial charge in [0.25, 0.3) is 0 Å². The van der Waals surface area contributed by atoms with Crippen molar-refractivity contribution in [2.45, 2.75) is 20.4 Å². The summed E-state index contributed by atoms with van der Waals surface area (Å²) >= 11 is 0. The molecule has 0 fully saturated rings. The first kappa shape index (κ1) is 13.4. The van der Waals surface area contributed by atoms with E-state index in [9.17, 15) is 0 Å². The average molecular weight is 284 g/mol. The molecule has 3 rings (SSSR count). The molecule has 2 aromatic heterocycles. The van der Waals surface area contributed by atoms with Crippen LogP contribution in [0, 0.1) is 13.8 Å². The number of nitrogens with one attached hydrogen (secondary N) is 1. The maximum atomic E-state index is 5.45. The second kappa shape index (κ2) is 5.40. The van der Waals surface area contributed by atoms with Gasteiger partial charge in [-0.05, 0) is 32.0 Å². The summed E-state index contributed by atoms with van der Waals surface area (Å²) in [4.78, 5) is 13.0. The van der Waals surface area contributed by atoms with Crippen molar-refractivity contribution in [2.75, 3.05) is 12.4 Å². The topological polar surface area (TPSA) is 73.1 Å². The molecule has 0 amide bonds. The second-order valence-corrected chi connectivity index (χ2v) is 4.72. The van der Waals surface area contributed by atoms with E-state index in [1.54, 1.807) is 13.3 Å². The third-order valence-corrected chi connectivity index (χ3v) is 3.09. The fourth-order valence-corrected chi connectivity index (χ4v) is 2.13. The van der Waals surface area contributed by atoms with Gasteiger partial charge in [0.05, 0.1) is 25.4 Å². The summed E-state index contributed by atoms with van der Waals surface area (Å²) in [7, 11) is 1.64. The number of aryl methyl sites for hydroxylation is 2. The molecule has 108 valence electrons. The fourth-order valence-electron chi connectivity index (χ4n) is 2.13. The van der Waals surface area contributed by atoms with E-state index in [0.29, 0.717) is 18.3 Å². The molecular weight excluding hydrogens is 268 g/mol. The molecule has 0 saturated carbocycles. The van der Waals surface area contributed by atoms with Crippen molar-refractivity contribution in [2.24, 2.45) is 0 Å². The Morgan fingerprint density at radius 1 is 1.24 bits per heavy atom. The molecule has 0 unspecified atom stereocenters. The SMILES string of the molecule is COc1ccc2nc(C)nc(NCc3ncc(C)o3)c2c1. The Morgan fingerprint density at radius 3 is 2.81 bits per heavy atom. The first-order valence-corrected chi connectivity index (χ1v) is 6.63. The van der Waals surface area contributed by atoms with Gasteiger partial charge < -0.3 is 14.5 Å². The Kier molecular flexibility index (Phi) is 3.43. The predicted octanol–water partition coefficient (Wildman–Crippen LogP) is 2.86. The molecule has 0 aliphatic carbocycles. The number of ether oxygens (including phenoxy) is 1. The van der Waals surface area contributed by atoms with Gasteiger partial charge in [-0.25, -0.2) is 15.0 Å². The number of fused-ring (bicyclic) bond motifs is 1. The number of hydrogen-bond acceptors (Lipinski definition) is 6. The van der Waals surface area contributed by atoms with Crippen LogP contribution in [0.5, 0.6) is 5.75 Å². The minimum absolute atomic E-state index is 0.469. The van der Waals surface area contributed by atoms with Crippen molar-refractivity contribution in [3.63, 3.8) is 0 Å². The normalized spacial score (nSPS) is 10.8. The Morgan fingerprint density at radius 2 is 2.10 bits per heavy atom. The number of benzene rings is 1. The van der Waals surface area contributed by atoms with Crippen molar-refractivity contribution < 1.29 is 9.15 Å². The van der Waals surface area contributed by atoms with Crippen molar-refractivity contribution >= 4 is 16.7 Å². The van der Waals surface area contributed by atoms with Crippen molar-refractivity contribution in [3.05, 3.63) is 41.9 Å². The number of methoxy groups -OCH3 is 1. The minimum Gasteiger partial charge on any atom is -0.497 e. The third-order valence-electron chi connectivity index (χ3n) is 3.09. The van der Waals surface area contributed by atoms with E-state index in [2.05, 4.69) is 20.3 Å². The molecule has 1 aromatic carbocycles. The maximum absolute atomic E-state index is 5.45. The van der Waals surface area contributed by atoms with Gasteiger partial charge in [-0.3, -0.25) is 0 Å². The quantitative estimate of drug-likeness (QED) is 0.794. The molecule has 0 aliphatic heterocycles. The standard InChI is InChI=1S/C15H16N4O2/c1-9-7-16-14(21-9)8-17-15-12-6-11(20-3)4-5-13(12)18-10(2)19-15/h4-7H,8H2,1-3H3,(H,17,18,19). The van der Waals surface area contributed by atoms with Crippen molar-refractivity contribution in [1.29, 1.82) is 0 Å². The van der Waals surface area contributed by atoms with Crippen LogP contribution in [0.3, 0.4) is 0 Å². The minimum atomic E-state index is 0.469. The zero-order chi connectivity index (χ0) is 14.8. The lowest BCUT2D eigenvalue weighted by Gasteiger charge is -2.09. The first-order valence-electron chi connectivity index (χ1n) is 6.63. The first-order chi connectivity index (χ1) is 10.2. The van der Waals surface area contributed by atoms with Crippen LogP contribution in [-0.4, -0.2) is 22.1 Å². The third kappa shape index (κ3) is 2.79. The van der Waals surface area contributed by atoms with Crippen molar-refractivity contribution in [1.82, 2.24) is 15.0 Å². The van der Waals surface area contributed by atoms with Gasteiger partial charge in [-0.15, -0.1) is 0 Å². The Bertz CT molecular complexity index is 782. The Labute approximate surface area is 122 Å². The molecular formula is C15H16N4O2. The average Bonchev–Trinajstić information content (AvgIpc) is 2.90. The zero-order valence-corrected chi connectivity index (χ0v) is 12.2. The lowest BCUT2D eigenvalue weighted by molar-refractivity contribution is 0.415. The summed E-state index contributed by atoms with van der Waals surface area (Å²) < 4.78 is 10.7. The highest BCUT2D eigenvalue weighted by molar-refractivity contribution is 5.90. The molecule has 1 N–H and O–H groups in total. The molecule has 0 atom stereocenters. The molecule has 6 nitrogen and oxygen atoms in total. The van der Waals surface area contributed by atoms with Crippen LogP contribution in [0.15, 0.2) is 28.8 Å². The smallest absolute Gasteiger partial charge is 0.213 e. The number of anilines is 1. The lowest BCUT2D eigenvalue weighted by atomic mass is 10.2. The molecule has 0 bridgehead atoms. The van der Waals surface area contributed by atoms with Gasteiger partial charge in [-0.1, -0.05) is 0 Å². The van der Waals surface area contributed by atoms with E-state index in [1.807, 2.05) is 32.0 Å². The molecule has 0 radical (unpaired) electrons. The molecule has 0 saturated heterocycles. The van der Waals surface area contributed by atoms with Gasteiger partial charge in [0.1, 0.15) is 23.2 Å². The van der Waals surface area contributed by atoms with E-state index >= 15 is 0 Å². The van der Waals surface area contributed by atoms with Crippen LogP contribution in [0.2, 0.25) is 0 Å². The highest BCUT2D eigenvalue weighted by atomic mass is 16.5. The van der Waals surface area contributed by atoms with Crippen molar-refractivity contribution in [3.8, 4) is 5.75 Å². The van der Waals surface area contributed by atoms with Gasteiger partial charge in [0.15, 0.2) is 0 Å². The van der Waals surface area contributed by atoms with Gasteiger partial charge >= 0.3 is 0 Å². The number of aromatic nitrogens is 3. The predicted molar refractivity (Wildman–Crippen MR) is 79.4 cm³/mol. The lowest BCUT2D eigenvalue weighted by Crippen LogP contribution is -2.04. The Balaban J connectivity index is 1.95. The van der Waals surface area contributed by atoms with Gasteiger partial charge in [0.2, 0.25) is 5.89 Å². The molecule has 21 heavy (non-hydrogen) atoms. The molecule has 6 heteroatoms. The largest absolute Gasteiger partial charge is 0.497 e. The van der Waals surface area contributed by atoms with E-state index in [-0.39, 0.29) is 0 Å². The number of hydrogen-bond donors (Lipinski definition) is 1. The van der Waals surface area contributed by atoms with Crippen LogP contribution < -0.4 is 10.1 Å². The van der Waals surface area contributed by atoms with Crippen LogP contribution in [-0.2, 0) is 6.54 Å². The van der Waals surface area contributed by atoms with Gasteiger partial charge in [-0.2, -0.15) is 0 Å². The fraction of sp³-hybridized carbons (Fsp3) is 0.267. The number of rotatable bonds is 4. The summed E-state index contributed by atoms with van der Waals surface area (Å²) in [6.45, 7) is 4.20. The monoisotopic (exact) mass is 284 g/mol. The summed E-state index contributed by atoms with van der Waals surface area (Å²) in [5.41, 5.74) is 0.870. The van der Waals surface area contributed by atoms with Crippen LogP contribution in [0.4, 0.5) is 5.82 Å². The van der Waals surface area contributed by atoms with E-state index in [0.717, 1.165) is 28.2 Å². The number of nitrogens with zero attached hydrogens (tertiary/aromatic N) is 3. The molecule has 0 spiro atoms. The Hall–Kier alpha value is -2.63. The van der Waals surface area contributed by atoms with E-state index in [1.165, 1.54) is 0 Å². The van der Waals surface area contributed by atoms with E-state index < -0.39 is 0 Å². The maximum Gasteiger partial charge on any atom is 0.213 e. The second-order valence-electron chi connectivity index (χ2n) is 4.72. The molecule has 0 aliphatic rings. The number of oxazole rings is 1. The van der Waals surface area contributed by atoms with Gasteiger partial charge in [0, 0.05) is 5.39 Å². The van der Waals surface area contributed by atoms with Crippen LogP contribution in [0.25, 0.3) is 10.9 Å². The van der Waals surface area contributed by atoms with Crippen LogP contribution in [0.1, 0.15) is 17.5 Å². The highest BCUT2D eigenvalue weighted by Crippen LogP contribution is 2.25. The summed E-state index contributed by atoms with van der Waals surface area (Å²) in [6, 6.07) is 5.72. The molecule has 2 heterocycles. The molecule has 3 aromatic rings. The zero-order valence-electron chi connectivity index (χ0n) is 12.2.